The molecule has 0 saturated carbocycles. The van der Waals surface area contributed by atoms with Crippen molar-refractivity contribution in [3.8, 4) is 0 Å². The first-order valence-electron chi connectivity index (χ1n) is 6.19. The molecule has 1 aliphatic rings. The van der Waals surface area contributed by atoms with E-state index in [1.165, 1.54) is 0 Å². The Bertz CT molecular complexity index is 377. The van der Waals surface area contributed by atoms with Crippen LogP contribution in [0.15, 0.2) is 24.3 Å². The summed E-state index contributed by atoms with van der Waals surface area (Å²) in [6.45, 7) is 5.43. The van der Waals surface area contributed by atoms with Crippen LogP contribution in [0.4, 0.5) is 10.5 Å². The number of urea groups is 1. The molecule has 0 unspecified atom stereocenters. The lowest BCUT2D eigenvalue weighted by Crippen LogP contribution is -2.52. The van der Waals surface area contributed by atoms with E-state index in [1.807, 2.05) is 30.1 Å². The molecule has 1 aliphatic heterocycles. The van der Waals surface area contributed by atoms with E-state index in [0.29, 0.717) is 25.4 Å². The molecule has 0 aliphatic carbocycles. The summed E-state index contributed by atoms with van der Waals surface area (Å²) in [5.41, 5.74) is 0.689. The molecule has 1 aromatic rings. The number of benzene rings is 1. The molecule has 5 heteroatoms. The molecule has 97 valence electrons. The first-order chi connectivity index (χ1) is 8.81. The van der Waals surface area contributed by atoms with Gasteiger partial charge in [0.2, 0.25) is 0 Å². The molecule has 1 N–H and O–H groups in total. The highest BCUT2D eigenvalue weighted by Gasteiger charge is 2.21. The lowest BCUT2D eigenvalue weighted by atomic mass is 10.3. The van der Waals surface area contributed by atoms with Gasteiger partial charge in [0.15, 0.2) is 0 Å². The lowest BCUT2D eigenvalue weighted by Gasteiger charge is -2.36. The van der Waals surface area contributed by atoms with Crippen molar-refractivity contribution in [3.05, 3.63) is 30.3 Å². The summed E-state index contributed by atoms with van der Waals surface area (Å²) < 4.78 is 5.29. The fourth-order valence-electron chi connectivity index (χ4n) is 1.92. The maximum Gasteiger partial charge on any atom is 0.336 e. The first kappa shape index (κ1) is 12.9. The lowest BCUT2D eigenvalue weighted by molar-refractivity contribution is -0.0576. The van der Waals surface area contributed by atoms with E-state index in [4.69, 9.17) is 4.74 Å². The van der Waals surface area contributed by atoms with Crippen LogP contribution in [0.2, 0.25) is 0 Å². The molecule has 1 fully saturated rings. The zero-order valence-electron chi connectivity index (χ0n) is 10.6. The molecular weight excluding hydrogens is 230 g/mol. The van der Waals surface area contributed by atoms with Crippen LogP contribution < -0.4 is 5.32 Å². The Kier molecular flexibility index (Phi) is 4.55. The van der Waals surface area contributed by atoms with Crippen molar-refractivity contribution in [2.75, 3.05) is 38.2 Å². The Morgan fingerprint density at radius 2 is 2.28 bits per heavy atom. The summed E-state index contributed by atoms with van der Waals surface area (Å²) in [6.07, 6.45) is 0. The number of amides is 2. The summed E-state index contributed by atoms with van der Waals surface area (Å²) in [5, 5.41) is 6.57. The fraction of sp³-hybridized carbons (Fsp3) is 0.462. The van der Waals surface area contributed by atoms with E-state index in [0.717, 1.165) is 13.1 Å². The number of nitrogens with zero attached hydrogens (tertiary/aromatic N) is 2. The maximum absolute atomic E-state index is 12.2. The molecule has 0 spiro atoms. The van der Waals surface area contributed by atoms with Crippen LogP contribution in [0, 0.1) is 6.07 Å². The standard InChI is InChI=1S/C13H18N3O2/c1-2-16(15-8-10-18-11-9-15)13(17)14-12-6-4-3-5-7-12/h3-6H,2,8-11H2,1H3,(H,14,17). The SMILES string of the molecule is CCN(C(=O)Nc1[c]cccc1)N1CCOCC1. The summed E-state index contributed by atoms with van der Waals surface area (Å²) in [6, 6.07) is 10.2. The zero-order chi connectivity index (χ0) is 12.8. The summed E-state index contributed by atoms with van der Waals surface area (Å²) in [7, 11) is 0. The fourth-order valence-corrected chi connectivity index (χ4v) is 1.92. The first-order valence-corrected chi connectivity index (χ1v) is 6.19. The van der Waals surface area contributed by atoms with E-state index in [9.17, 15) is 4.79 Å². The average Bonchev–Trinajstić information content (AvgIpc) is 2.42. The Morgan fingerprint density at radius 1 is 1.50 bits per heavy atom. The van der Waals surface area contributed by atoms with Crippen LogP contribution >= 0.6 is 0 Å². The molecule has 2 amide bonds. The van der Waals surface area contributed by atoms with Gasteiger partial charge in [0.1, 0.15) is 0 Å². The van der Waals surface area contributed by atoms with Crippen molar-refractivity contribution >= 4 is 11.7 Å². The molecular formula is C13H18N3O2. The molecule has 2 rings (SSSR count). The number of para-hydroxylation sites is 1. The van der Waals surface area contributed by atoms with Crippen LogP contribution in [0.5, 0.6) is 0 Å². The van der Waals surface area contributed by atoms with Crippen molar-refractivity contribution in [2.45, 2.75) is 6.92 Å². The molecule has 1 saturated heterocycles. The van der Waals surface area contributed by atoms with Gasteiger partial charge in [0, 0.05) is 25.7 Å². The van der Waals surface area contributed by atoms with Gasteiger partial charge in [-0.25, -0.2) is 9.80 Å². The number of hydrogen-bond donors (Lipinski definition) is 1. The Labute approximate surface area is 107 Å². The smallest absolute Gasteiger partial charge is 0.336 e. The van der Waals surface area contributed by atoms with Gasteiger partial charge in [0.05, 0.1) is 18.9 Å². The molecule has 0 bridgehead atoms. The van der Waals surface area contributed by atoms with Crippen LogP contribution in [-0.2, 0) is 4.74 Å². The number of carbonyl (C=O) groups is 1. The summed E-state index contributed by atoms with van der Waals surface area (Å²) in [4.78, 5) is 12.2. The Balaban J connectivity index is 1.96. The highest BCUT2D eigenvalue weighted by molar-refractivity contribution is 5.88. The highest BCUT2D eigenvalue weighted by Crippen LogP contribution is 2.09. The quantitative estimate of drug-likeness (QED) is 0.883. The molecule has 1 radical (unpaired) electrons. The third-order valence-corrected chi connectivity index (χ3v) is 2.81. The number of rotatable bonds is 3. The van der Waals surface area contributed by atoms with Gasteiger partial charge in [-0.2, -0.15) is 0 Å². The van der Waals surface area contributed by atoms with Gasteiger partial charge >= 0.3 is 6.03 Å². The van der Waals surface area contributed by atoms with Crippen molar-refractivity contribution < 1.29 is 9.53 Å². The minimum absolute atomic E-state index is 0.123. The maximum atomic E-state index is 12.2. The van der Waals surface area contributed by atoms with E-state index < -0.39 is 0 Å². The normalized spacial score (nSPS) is 16.3. The van der Waals surface area contributed by atoms with Crippen LogP contribution in [0.1, 0.15) is 6.92 Å². The highest BCUT2D eigenvalue weighted by atomic mass is 16.5. The molecule has 1 heterocycles. The number of nitrogens with one attached hydrogen (secondary N) is 1. The third kappa shape index (κ3) is 3.21. The minimum Gasteiger partial charge on any atom is -0.379 e. The van der Waals surface area contributed by atoms with E-state index >= 15 is 0 Å². The Morgan fingerprint density at radius 3 is 2.89 bits per heavy atom. The van der Waals surface area contributed by atoms with Gasteiger partial charge in [-0.15, -0.1) is 0 Å². The Hall–Kier alpha value is -1.59. The average molecular weight is 248 g/mol. The van der Waals surface area contributed by atoms with Crippen molar-refractivity contribution in [3.63, 3.8) is 0 Å². The van der Waals surface area contributed by atoms with Gasteiger partial charge < -0.3 is 10.1 Å². The largest absolute Gasteiger partial charge is 0.379 e. The predicted octanol–water partition coefficient (Wildman–Crippen LogP) is 1.59. The molecule has 1 aromatic carbocycles. The van der Waals surface area contributed by atoms with Crippen molar-refractivity contribution in [2.24, 2.45) is 0 Å². The van der Waals surface area contributed by atoms with Crippen LogP contribution in [-0.4, -0.2) is 48.9 Å². The summed E-state index contributed by atoms with van der Waals surface area (Å²) in [5.74, 6) is 0. The number of hydrogen-bond acceptors (Lipinski definition) is 3. The number of anilines is 1. The van der Waals surface area contributed by atoms with E-state index in [1.54, 1.807) is 11.1 Å². The number of hydrazine groups is 1. The second kappa shape index (κ2) is 6.37. The van der Waals surface area contributed by atoms with Gasteiger partial charge in [-0.3, -0.25) is 5.01 Å². The van der Waals surface area contributed by atoms with Crippen molar-refractivity contribution in [1.29, 1.82) is 0 Å². The number of carbonyl (C=O) groups excluding carboxylic acids is 1. The van der Waals surface area contributed by atoms with Crippen LogP contribution in [0.25, 0.3) is 0 Å². The van der Waals surface area contributed by atoms with Crippen molar-refractivity contribution in [1.82, 2.24) is 10.0 Å². The molecule has 0 aromatic heterocycles. The topological polar surface area (TPSA) is 44.8 Å². The van der Waals surface area contributed by atoms with E-state index in [2.05, 4.69) is 11.4 Å². The monoisotopic (exact) mass is 248 g/mol. The third-order valence-electron chi connectivity index (χ3n) is 2.81. The minimum atomic E-state index is -0.123. The molecule has 18 heavy (non-hydrogen) atoms. The number of morpholine rings is 1. The molecule has 5 nitrogen and oxygen atoms in total. The van der Waals surface area contributed by atoms with Gasteiger partial charge in [-0.1, -0.05) is 18.2 Å². The van der Waals surface area contributed by atoms with E-state index in [-0.39, 0.29) is 6.03 Å². The second-order valence-electron chi connectivity index (χ2n) is 3.99. The molecule has 0 atom stereocenters. The second-order valence-corrected chi connectivity index (χ2v) is 3.99. The summed E-state index contributed by atoms with van der Waals surface area (Å²) >= 11 is 0. The van der Waals surface area contributed by atoms with Crippen LogP contribution in [0.3, 0.4) is 0 Å². The van der Waals surface area contributed by atoms with Gasteiger partial charge in [0.25, 0.3) is 0 Å². The number of ether oxygens (including phenoxy) is 1. The predicted molar refractivity (Wildman–Crippen MR) is 69.1 cm³/mol. The zero-order valence-corrected chi connectivity index (χ0v) is 10.6. The van der Waals surface area contributed by atoms with Gasteiger partial charge in [-0.05, 0) is 13.0 Å².